The van der Waals surface area contributed by atoms with Gasteiger partial charge in [0.15, 0.2) is 34.9 Å². The number of carbonyl (C=O) groups is 2. The van der Waals surface area contributed by atoms with Gasteiger partial charge in [-0.25, -0.2) is 32.1 Å². The summed E-state index contributed by atoms with van der Waals surface area (Å²) in [7, 11) is 2.06. The Labute approximate surface area is 289 Å². The minimum atomic E-state index is -1.43. The zero-order valence-electron chi connectivity index (χ0n) is 27.5. The Bertz CT molecular complexity index is 2250. The fourth-order valence-corrected chi connectivity index (χ4v) is 6.37. The van der Waals surface area contributed by atoms with Crippen LogP contribution in [0.3, 0.4) is 0 Å². The van der Waals surface area contributed by atoms with Gasteiger partial charge >= 0.3 is 12.1 Å². The molecule has 0 atom stereocenters. The second kappa shape index (κ2) is 13.8. The summed E-state index contributed by atoms with van der Waals surface area (Å²) < 4.78 is 63.1. The smallest absolute Gasteiger partial charge is 0.340 e. The highest BCUT2D eigenvalue weighted by molar-refractivity contribution is 6.12. The molecule has 7 rings (SSSR count). The van der Waals surface area contributed by atoms with Crippen molar-refractivity contribution in [1.82, 2.24) is 35.1 Å². The van der Waals surface area contributed by atoms with Crippen molar-refractivity contribution in [2.75, 3.05) is 51.2 Å². The normalized spacial score (nSPS) is 14.0. The molecule has 0 bridgehead atoms. The van der Waals surface area contributed by atoms with E-state index >= 15 is 17.6 Å². The summed E-state index contributed by atoms with van der Waals surface area (Å²) in [5.41, 5.74) is 4.99. The molecular weight excluding hydrogens is 666 g/mol. The number of likely N-dealkylation sites (N-methyl/N-ethyl adjacent to an activating group) is 1. The maximum Gasteiger partial charge on any atom is 0.340 e. The van der Waals surface area contributed by atoms with Crippen molar-refractivity contribution in [3.63, 3.8) is 0 Å². The number of fused-ring (bicyclic) bond motifs is 2. The van der Waals surface area contributed by atoms with Crippen molar-refractivity contribution in [2.24, 2.45) is 5.73 Å². The van der Waals surface area contributed by atoms with Crippen LogP contribution < -0.4 is 16.0 Å². The molecule has 6 aromatic rings. The van der Waals surface area contributed by atoms with Gasteiger partial charge in [-0.05, 0) is 43.3 Å². The van der Waals surface area contributed by atoms with Gasteiger partial charge in [-0.1, -0.05) is 60.7 Å². The number of carbonyl (C=O) groups excluding carboxylic acids is 2. The second-order valence-electron chi connectivity index (χ2n) is 12.3. The maximum absolute atomic E-state index is 15.9. The van der Waals surface area contributed by atoms with Crippen molar-refractivity contribution in [3.8, 4) is 22.3 Å². The van der Waals surface area contributed by atoms with E-state index in [2.05, 4.69) is 37.5 Å². The molecule has 1 fully saturated rings. The van der Waals surface area contributed by atoms with Crippen molar-refractivity contribution < 1.29 is 27.2 Å². The van der Waals surface area contributed by atoms with Crippen LogP contribution in [0.1, 0.15) is 6.42 Å². The first kappa shape index (κ1) is 33.7. The number of nitrogens with zero attached hydrogens (tertiary/aromatic N) is 6. The SMILES string of the molecule is CN1CCN(CCCNC(=O)N(c2n[nH]c3c(F)c(F)c(-c4ccccc4)cc23)c2nn(C(N)=O)c3c(F)c(F)c(-c4ccccc4)cc23)CC1. The number of anilines is 2. The summed E-state index contributed by atoms with van der Waals surface area (Å²) in [6.45, 7) is 4.50. The minimum Gasteiger partial charge on any atom is -0.350 e. The van der Waals surface area contributed by atoms with Crippen LogP contribution in [0.25, 0.3) is 44.1 Å². The number of H-pyrrole nitrogens is 1. The minimum absolute atomic E-state index is 0.0204. The lowest BCUT2D eigenvalue weighted by Crippen LogP contribution is -2.45. The Balaban J connectivity index is 1.38. The van der Waals surface area contributed by atoms with E-state index in [0.29, 0.717) is 28.8 Å². The Hall–Kier alpha value is -5.80. The lowest BCUT2D eigenvalue weighted by molar-refractivity contribution is 0.153. The van der Waals surface area contributed by atoms with E-state index in [1.54, 1.807) is 60.7 Å². The van der Waals surface area contributed by atoms with Gasteiger partial charge in [-0.2, -0.15) is 9.78 Å². The number of benzene rings is 4. The molecule has 4 aromatic carbocycles. The Morgan fingerprint density at radius 2 is 1.41 bits per heavy atom. The number of nitrogens with two attached hydrogens (primary N) is 1. The van der Waals surface area contributed by atoms with Gasteiger partial charge in [0, 0.05) is 54.6 Å². The van der Waals surface area contributed by atoms with E-state index in [9.17, 15) is 9.59 Å². The fraction of sp³-hybridized carbons (Fsp3) is 0.222. The number of aromatic amines is 1. The molecular formula is C36H33F4N9O2. The molecule has 4 N–H and O–H groups in total. The van der Waals surface area contributed by atoms with Gasteiger partial charge in [0.2, 0.25) is 0 Å². The number of nitrogens with one attached hydrogen (secondary N) is 2. The molecule has 1 aliphatic rings. The molecule has 0 aliphatic carbocycles. The predicted molar refractivity (Wildman–Crippen MR) is 186 cm³/mol. The van der Waals surface area contributed by atoms with Crippen LogP contribution >= 0.6 is 0 Å². The number of hydrogen-bond donors (Lipinski definition) is 3. The molecule has 0 unspecified atom stereocenters. The number of amides is 3. The quantitative estimate of drug-likeness (QED) is 0.128. The first-order chi connectivity index (χ1) is 24.6. The second-order valence-corrected chi connectivity index (χ2v) is 12.3. The molecule has 1 aliphatic heterocycles. The van der Waals surface area contributed by atoms with Crippen LogP contribution in [0, 0.1) is 23.3 Å². The number of rotatable bonds is 8. The van der Waals surface area contributed by atoms with Crippen LogP contribution in [-0.2, 0) is 0 Å². The van der Waals surface area contributed by atoms with Gasteiger partial charge in [0.05, 0.1) is 0 Å². The summed E-state index contributed by atoms with van der Waals surface area (Å²) in [6.07, 6.45) is 0.567. The number of aromatic nitrogens is 4. The van der Waals surface area contributed by atoms with E-state index in [0.717, 1.165) is 31.1 Å². The molecule has 11 nitrogen and oxygen atoms in total. The molecule has 15 heteroatoms. The van der Waals surface area contributed by atoms with Gasteiger partial charge < -0.3 is 20.9 Å². The Morgan fingerprint density at radius 3 is 2.02 bits per heavy atom. The third kappa shape index (κ3) is 6.25. The molecule has 0 saturated carbocycles. The summed E-state index contributed by atoms with van der Waals surface area (Å²) >= 11 is 0. The summed E-state index contributed by atoms with van der Waals surface area (Å²) in [5, 5.41) is 13.5. The van der Waals surface area contributed by atoms with Crippen LogP contribution in [0.15, 0.2) is 72.8 Å². The number of primary amides is 1. The van der Waals surface area contributed by atoms with Gasteiger partial charge in [-0.15, -0.1) is 5.10 Å². The molecule has 262 valence electrons. The van der Waals surface area contributed by atoms with Crippen molar-refractivity contribution in [3.05, 3.63) is 96.1 Å². The van der Waals surface area contributed by atoms with Crippen molar-refractivity contribution in [2.45, 2.75) is 6.42 Å². The first-order valence-electron chi connectivity index (χ1n) is 16.3. The molecule has 0 radical (unpaired) electrons. The van der Waals surface area contributed by atoms with E-state index in [4.69, 9.17) is 5.73 Å². The molecule has 3 heterocycles. The maximum atomic E-state index is 15.9. The van der Waals surface area contributed by atoms with Crippen LogP contribution in [0.5, 0.6) is 0 Å². The zero-order valence-corrected chi connectivity index (χ0v) is 27.5. The predicted octanol–water partition coefficient (Wildman–Crippen LogP) is 6.22. The third-order valence-electron chi connectivity index (χ3n) is 9.08. The zero-order chi connectivity index (χ0) is 35.8. The lowest BCUT2D eigenvalue weighted by atomic mass is 10.0. The molecule has 2 aromatic heterocycles. The van der Waals surface area contributed by atoms with Gasteiger partial charge in [0.25, 0.3) is 0 Å². The van der Waals surface area contributed by atoms with E-state index < -0.39 is 40.8 Å². The highest BCUT2D eigenvalue weighted by Crippen LogP contribution is 2.41. The molecule has 51 heavy (non-hydrogen) atoms. The molecule has 1 saturated heterocycles. The molecule has 3 amide bonds. The summed E-state index contributed by atoms with van der Waals surface area (Å²) in [4.78, 5) is 32.3. The number of piperazine rings is 1. The lowest BCUT2D eigenvalue weighted by Gasteiger charge is -2.32. The molecule has 0 spiro atoms. The summed E-state index contributed by atoms with van der Waals surface area (Å²) in [6, 6.07) is 16.9. The van der Waals surface area contributed by atoms with Gasteiger partial charge in [-0.3, -0.25) is 5.10 Å². The van der Waals surface area contributed by atoms with Crippen LogP contribution in [0.4, 0.5) is 38.8 Å². The Kier molecular flexibility index (Phi) is 9.14. The van der Waals surface area contributed by atoms with E-state index in [1.165, 1.54) is 12.1 Å². The van der Waals surface area contributed by atoms with Crippen LogP contribution in [-0.4, -0.2) is 88.2 Å². The number of urea groups is 1. The Morgan fingerprint density at radius 1 is 0.824 bits per heavy atom. The van der Waals surface area contributed by atoms with E-state index in [-0.39, 0.29) is 45.6 Å². The van der Waals surface area contributed by atoms with Crippen molar-refractivity contribution in [1.29, 1.82) is 0 Å². The third-order valence-corrected chi connectivity index (χ3v) is 9.08. The standard InChI is InChI=1S/C36H33F4N9O2/c1-46-15-17-47(18-16-46)14-8-13-42-36(51)48(33-25-19-23(21-9-4-2-5-10-21)27(37)29(39)31(25)43-44-33)34-26-20-24(22-11-6-3-7-12-22)28(38)30(40)32(26)49(45-34)35(41)50/h2-7,9-12,19-20H,8,13-18H2,1H3,(H2,41,50)(H,42,51)(H,43,44). The topological polar surface area (TPSA) is 128 Å². The first-order valence-corrected chi connectivity index (χ1v) is 16.3. The van der Waals surface area contributed by atoms with Crippen molar-refractivity contribution >= 4 is 45.5 Å². The monoisotopic (exact) mass is 699 g/mol. The largest absolute Gasteiger partial charge is 0.350 e. The fourth-order valence-electron chi connectivity index (χ4n) is 6.37. The number of hydrogen-bond acceptors (Lipinski definition) is 6. The van der Waals surface area contributed by atoms with Crippen LogP contribution in [0.2, 0.25) is 0 Å². The summed E-state index contributed by atoms with van der Waals surface area (Å²) in [5.74, 6) is -5.67. The van der Waals surface area contributed by atoms with Gasteiger partial charge in [0.1, 0.15) is 11.0 Å². The average Bonchev–Trinajstić information content (AvgIpc) is 3.74. The number of halogens is 4. The van der Waals surface area contributed by atoms with E-state index in [1.807, 2.05) is 0 Å². The highest BCUT2D eigenvalue weighted by atomic mass is 19.2. The average molecular weight is 700 g/mol. The highest BCUT2D eigenvalue weighted by Gasteiger charge is 2.33.